The van der Waals surface area contributed by atoms with Crippen molar-refractivity contribution in [2.45, 2.75) is 39.5 Å². The standard InChI is InChI=1S/C23H31N5O4S/c1-3-22(26-32-4-2)19-8-10-21(11-9-19)31-17-7-5-6-14-27-15-16-28(33(27,29)30)20-12-13-25-23(24)18-20/h8-13,15-16,18H,3-7,14,17H2,1-2H3,(H2,24,25)/b26-22+. The first-order valence-electron chi connectivity index (χ1n) is 11.1. The summed E-state index contributed by atoms with van der Waals surface area (Å²) in [5.74, 6) is 1.07. The van der Waals surface area contributed by atoms with Crippen LogP contribution in [0.25, 0.3) is 0 Å². The lowest BCUT2D eigenvalue weighted by molar-refractivity contribution is 0.158. The van der Waals surface area contributed by atoms with E-state index in [4.69, 9.17) is 15.3 Å². The van der Waals surface area contributed by atoms with E-state index in [0.717, 1.165) is 42.7 Å². The minimum absolute atomic E-state index is 0.272. The summed E-state index contributed by atoms with van der Waals surface area (Å²) in [4.78, 5) is 9.06. The maximum absolute atomic E-state index is 12.8. The van der Waals surface area contributed by atoms with Gasteiger partial charge < -0.3 is 15.3 Å². The summed E-state index contributed by atoms with van der Waals surface area (Å²) in [7, 11) is -3.63. The number of oxime groups is 1. The molecule has 1 aliphatic rings. The van der Waals surface area contributed by atoms with Gasteiger partial charge in [-0.2, -0.15) is 8.42 Å². The van der Waals surface area contributed by atoms with Crippen molar-refractivity contribution in [2.24, 2.45) is 5.16 Å². The van der Waals surface area contributed by atoms with Gasteiger partial charge in [-0.25, -0.2) is 9.29 Å². The fourth-order valence-electron chi connectivity index (χ4n) is 3.33. The number of ether oxygens (including phenoxy) is 1. The monoisotopic (exact) mass is 473 g/mol. The van der Waals surface area contributed by atoms with Crippen LogP contribution in [0.1, 0.15) is 45.1 Å². The lowest BCUT2D eigenvalue weighted by Crippen LogP contribution is -2.33. The Labute approximate surface area is 195 Å². The van der Waals surface area contributed by atoms with Crippen LogP contribution < -0.4 is 14.8 Å². The molecule has 1 aliphatic heterocycles. The number of unbranched alkanes of at least 4 members (excludes halogenated alkanes) is 2. The second kappa shape index (κ2) is 11.6. The van der Waals surface area contributed by atoms with Crippen molar-refractivity contribution >= 4 is 27.4 Å². The summed E-state index contributed by atoms with van der Waals surface area (Å²) in [5.41, 5.74) is 8.06. The van der Waals surface area contributed by atoms with E-state index in [0.29, 0.717) is 25.4 Å². The number of nitrogens with two attached hydrogens (primary N) is 1. The van der Waals surface area contributed by atoms with Gasteiger partial charge in [0.25, 0.3) is 0 Å². The fourth-order valence-corrected chi connectivity index (χ4v) is 4.71. The second-order valence-corrected chi connectivity index (χ2v) is 9.15. The van der Waals surface area contributed by atoms with Crippen LogP contribution >= 0.6 is 0 Å². The molecule has 0 amide bonds. The van der Waals surface area contributed by atoms with E-state index < -0.39 is 10.2 Å². The number of hydrogen-bond donors (Lipinski definition) is 1. The van der Waals surface area contributed by atoms with Crippen LogP contribution in [-0.2, 0) is 15.0 Å². The SMILES string of the molecule is CCO/N=C(\CC)c1ccc(OCCCCCN2C=CN(c3ccnc(N)c3)S2(=O)=O)cc1. The van der Waals surface area contributed by atoms with Crippen LogP contribution in [0.2, 0.25) is 0 Å². The van der Waals surface area contributed by atoms with Gasteiger partial charge in [0.1, 0.15) is 18.2 Å². The van der Waals surface area contributed by atoms with E-state index in [-0.39, 0.29) is 5.82 Å². The van der Waals surface area contributed by atoms with Crippen molar-refractivity contribution in [3.8, 4) is 5.75 Å². The van der Waals surface area contributed by atoms with Crippen LogP contribution in [0.15, 0.2) is 60.2 Å². The largest absolute Gasteiger partial charge is 0.494 e. The Morgan fingerprint density at radius 2 is 1.88 bits per heavy atom. The van der Waals surface area contributed by atoms with E-state index in [1.807, 2.05) is 38.1 Å². The van der Waals surface area contributed by atoms with E-state index in [1.165, 1.54) is 27.1 Å². The van der Waals surface area contributed by atoms with Crippen molar-refractivity contribution in [1.29, 1.82) is 0 Å². The van der Waals surface area contributed by atoms with Crippen molar-refractivity contribution in [3.63, 3.8) is 0 Å². The Morgan fingerprint density at radius 3 is 2.58 bits per heavy atom. The molecule has 2 aromatic rings. The molecule has 0 saturated carbocycles. The Morgan fingerprint density at radius 1 is 1.09 bits per heavy atom. The fraction of sp³-hybridized carbons (Fsp3) is 0.391. The highest BCUT2D eigenvalue weighted by Gasteiger charge is 2.31. The van der Waals surface area contributed by atoms with Gasteiger partial charge in [-0.15, -0.1) is 0 Å². The second-order valence-electron chi connectivity index (χ2n) is 7.39. The molecule has 10 heteroatoms. The van der Waals surface area contributed by atoms with Crippen molar-refractivity contribution in [1.82, 2.24) is 9.29 Å². The topological polar surface area (TPSA) is 110 Å². The molecule has 1 aromatic heterocycles. The molecule has 178 valence electrons. The molecular weight excluding hydrogens is 442 g/mol. The highest BCUT2D eigenvalue weighted by Crippen LogP contribution is 2.27. The molecule has 0 atom stereocenters. The smallest absolute Gasteiger partial charge is 0.329 e. The number of benzene rings is 1. The predicted molar refractivity (Wildman–Crippen MR) is 130 cm³/mol. The third-order valence-electron chi connectivity index (χ3n) is 5.05. The molecule has 2 heterocycles. The Kier molecular flexibility index (Phi) is 8.53. The van der Waals surface area contributed by atoms with Gasteiger partial charge in [-0.05, 0) is 68.5 Å². The lowest BCUT2D eigenvalue weighted by atomic mass is 10.1. The first-order valence-corrected chi connectivity index (χ1v) is 12.5. The number of hydrogen-bond acceptors (Lipinski definition) is 7. The van der Waals surface area contributed by atoms with Gasteiger partial charge in [0.15, 0.2) is 0 Å². The summed E-state index contributed by atoms with van der Waals surface area (Å²) in [5, 5.41) is 4.14. The predicted octanol–water partition coefficient (Wildman–Crippen LogP) is 3.90. The molecule has 0 radical (unpaired) electrons. The van der Waals surface area contributed by atoms with Crippen LogP contribution in [0, 0.1) is 0 Å². The summed E-state index contributed by atoms with van der Waals surface area (Å²) < 4.78 is 33.9. The highest BCUT2D eigenvalue weighted by atomic mass is 32.2. The molecule has 0 saturated heterocycles. The number of nitrogens with zero attached hydrogens (tertiary/aromatic N) is 4. The van der Waals surface area contributed by atoms with E-state index in [2.05, 4.69) is 10.1 Å². The number of nitrogen functional groups attached to an aromatic ring is 1. The molecule has 0 spiro atoms. The zero-order valence-corrected chi connectivity index (χ0v) is 19.9. The van der Waals surface area contributed by atoms with E-state index in [9.17, 15) is 8.42 Å². The average Bonchev–Trinajstić information content (AvgIpc) is 3.11. The van der Waals surface area contributed by atoms with Gasteiger partial charge in [-0.1, -0.05) is 12.1 Å². The average molecular weight is 474 g/mol. The molecule has 0 aliphatic carbocycles. The maximum Gasteiger partial charge on any atom is 0.329 e. The maximum atomic E-state index is 12.8. The van der Waals surface area contributed by atoms with Crippen LogP contribution in [0.3, 0.4) is 0 Å². The molecule has 3 rings (SSSR count). The molecule has 9 nitrogen and oxygen atoms in total. The first kappa shape index (κ1) is 24.4. The molecule has 0 bridgehead atoms. The highest BCUT2D eigenvalue weighted by molar-refractivity contribution is 7.91. The summed E-state index contributed by atoms with van der Waals surface area (Å²) in [6.07, 6.45) is 7.78. The molecule has 33 heavy (non-hydrogen) atoms. The zero-order valence-electron chi connectivity index (χ0n) is 19.1. The van der Waals surface area contributed by atoms with Crippen molar-refractivity contribution in [3.05, 3.63) is 60.6 Å². The van der Waals surface area contributed by atoms with Gasteiger partial charge in [-0.3, -0.25) is 4.31 Å². The number of pyridine rings is 1. The Balaban J connectivity index is 1.39. The number of anilines is 2. The van der Waals surface area contributed by atoms with Crippen LogP contribution in [0.4, 0.5) is 11.5 Å². The van der Waals surface area contributed by atoms with Crippen LogP contribution in [0.5, 0.6) is 5.75 Å². The van der Waals surface area contributed by atoms with Gasteiger partial charge >= 0.3 is 10.2 Å². The molecule has 0 unspecified atom stereocenters. The third-order valence-corrected chi connectivity index (χ3v) is 6.78. The Bertz CT molecular complexity index is 1070. The number of rotatable bonds is 12. The van der Waals surface area contributed by atoms with E-state index in [1.54, 1.807) is 12.3 Å². The lowest BCUT2D eigenvalue weighted by Gasteiger charge is -2.21. The number of aromatic nitrogens is 1. The van der Waals surface area contributed by atoms with Crippen LogP contribution in [-0.4, -0.2) is 43.2 Å². The summed E-state index contributed by atoms with van der Waals surface area (Å²) in [6.45, 7) is 5.46. The minimum atomic E-state index is -3.63. The zero-order chi connectivity index (χ0) is 23.7. The quantitative estimate of drug-likeness (QED) is 0.284. The normalized spacial score (nSPS) is 15.2. The summed E-state index contributed by atoms with van der Waals surface area (Å²) in [6, 6.07) is 10.9. The molecule has 2 N–H and O–H groups in total. The molecule has 1 aromatic carbocycles. The Hall–Kier alpha value is -3.27. The van der Waals surface area contributed by atoms with E-state index >= 15 is 0 Å². The van der Waals surface area contributed by atoms with Gasteiger partial charge in [0.2, 0.25) is 0 Å². The van der Waals surface area contributed by atoms with Gasteiger partial charge in [0.05, 0.1) is 18.0 Å². The van der Waals surface area contributed by atoms with Crippen molar-refractivity contribution < 1.29 is 18.0 Å². The molecular formula is C23H31N5O4S. The van der Waals surface area contributed by atoms with Gasteiger partial charge in [0, 0.05) is 31.2 Å². The minimum Gasteiger partial charge on any atom is -0.494 e. The third kappa shape index (κ3) is 6.38. The molecule has 0 fully saturated rings. The van der Waals surface area contributed by atoms with Crippen molar-refractivity contribution in [2.75, 3.05) is 29.8 Å². The summed E-state index contributed by atoms with van der Waals surface area (Å²) >= 11 is 0. The first-order chi connectivity index (χ1) is 16.0.